The van der Waals surface area contributed by atoms with Gasteiger partial charge in [-0.1, -0.05) is 45.7 Å². The van der Waals surface area contributed by atoms with Crippen LogP contribution in [0.4, 0.5) is 32.0 Å². The SMILES string of the molecule is O=C(CN(Cc1ccccc1Cl)S(=O)(=O)c1ccc(Br)cc1)Nc1cc(C(F)(F)F)cc(C(F)(F)F)c1. The lowest BCUT2D eigenvalue weighted by Crippen LogP contribution is -2.37. The maximum absolute atomic E-state index is 13.3. The van der Waals surface area contributed by atoms with Gasteiger partial charge in [-0.15, -0.1) is 0 Å². The molecule has 0 aliphatic heterocycles. The van der Waals surface area contributed by atoms with E-state index in [0.717, 1.165) is 0 Å². The van der Waals surface area contributed by atoms with Gasteiger partial charge in [0.25, 0.3) is 0 Å². The first-order chi connectivity index (χ1) is 17.1. The Labute approximate surface area is 221 Å². The number of amides is 1. The fourth-order valence-corrected chi connectivity index (χ4v) is 5.02. The third-order valence-corrected chi connectivity index (χ3v) is 7.65. The van der Waals surface area contributed by atoms with Crippen molar-refractivity contribution in [1.29, 1.82) is 0 Å². The number of hydrogen-bond acceptors (Lipinski definition) is 3. The molecule has 1 N–H and O–H groups in total. The van der Waals surface area contributed by atoms with Gasteiger partial charge in [-0.3, -0.25) is 4.79 Å². The molecule has 0 radical (unpaired) electrons. The number of nitrogens with one attached hydrogen (secondary N) is 1. The standard InChI is InChI=1S/C23H16BrClF6N2O3S/c24-17-5-7-19(8-6-17)37(35,36)33(12-14-3-1-2-4-20(14)25)13-21(34)32-18-10-15(22(26,27)28)9-16(11-18)23(29,30)31/h1-11H,12-13H2,(H,32,34). The van der Waals surface area contributed by atoms with Crippen LogP contribution in [0.1, 0.15) is 16.7 Å². The third-order valence-electron chi connectivity index (χ3n) is 4.95. The number of hydrogen-bond donors (Lipinski definition) is 1. The molecule has 3 aromatic carbocycles. The molecule has 0 aliphatic carbocycles. The summed E-state index contributed by atoms with van der Waals surface area (Å²) < 4.78 is 107. The summed E-state index contributed by atoms with van der Waals surface area (Å²) in [5.41, 5.74) is -3.75. The number of nitrogens with zero attached hydrogens (tertiary/aromatic N) is 1. The molecule has 0 unspecified atom stereocenters. The average molecular weight is 630 g/mol. The molecule has 0 saturated heterocycles. The van der Waals surface area contributed by atoms with Gasteiger partial charge in [-0.25, -0.2) is 8.42 Å². The van der Waals surface area contributed by atoms with Gasteiger partial charge in [0.15, 0.2) is 0 Å². The Morgan fingerprint density at radius 2 is 1.43 bits per heavy atom. The van der Waals surface area contributed by atoms with Gasteiger partial charge in [0.1, 0.15) is 0 Å². The smallest absolute Gasteiger partial charge is 0.325 e. The predicted molar refractivity (Wildman–Crippen MR) is 128 cm³/mol. The average Bonchev–Trinajstić information content (AvgIpc) is 2.79. The van der Waals surface area contributed by atoms with Gasteiger partial charge in [0.05, 0.1) is 22.6 Å². The normalized spacial score (nSPS) is 12.6. The van der Waals surface area contributed by atoms with Crippen molar-refractivity contribution in [3.8, 4) is 0 Å². The molecule has 37 heavy (non-hydrogen) atoms. The Kier molecular flexibility index (Phi) is 8.62. The highest BCUT2D eigenvalue weighted by molar-refractivity contribution is 9.10. The molecule has 3 aromatic rings. The van der Waals surface area contributed by atoms with Crippen LogP contribution >= 0.6 is 27.5 Å². The van der Waals surface area contributed by atoms with E-state index in [1.165, 1.54) is 36.4 Å². The van der Waals surface area contributed by atoms with E-state index in [1.807, 2.05) is 5.32 Å². The Morgan fingerprint density at radius 1 is 0.892 bits per heavy atom. The van der Waals surface area contributed by atoms with Crippen molar-refractivity contribution >= 4 is 49.1 Å². The fourth-order valence-electron chi connectivity index (χ4n) is 3.19. The van der Waals surface area contributed by atoms with Crippen molar-refractivity contribution in [2.45, 2.75) is 23.8 Å². The van der Waals surface area contributed by atoms with E-state index < -0.39 is 58.2 Å². The van der Waals surface area contributed by atoms with Crippen molar-refractivity contribution in [2.24, 2.45) is 0 Å². The Morgan fingerprint density at radius 3 is 1.95 bits per heavy atom. The minimum absolute atomic E-state index is 0.0860. The number of sulfonamides is 1. The largest absolute Gasteiger partial charge is 0.416 e. The maximum atomic E-state index is 13.3. The monoisotopic (exact) mass is 628 g/mol. The number of benzene rings is 3. The zero-order valence-electron chi connectivity index (χ0n) is 18.4. The maximum Gasteiger partial charge on any atom is 0.416 e. The number of carbonyl (C=O) groups excluding carboxylic acids is 1. The van der Waals surface area contributed by atoms with Crippen LogP contribution in [0.3, 0.4) is 0 Å². The van der Waals surface area contributed by atoms with E-state index in [9.17, 15) is 39.6 Å². The zero-order chi connectivity index (χ0) is 27.6. The van der Waals surface area contributed by atoms with E-state index in [1.54, 1.807) is 12.1 Å². The Bertz CT molecular complexity index is 1360. The van der Waals surface area contributed by atoms with E-state index in [-0.39, 0.29) is 16.0 Å². The molecule has 3 rings (SSSR count). The second-order valence-electron chi connectivity index (χ2n) is 7.66. The molecule has 0 atom stereocenters. The number of rotatable bonds is 7. The highest BCUT2D eigenvalue weighted by Gasteiger charge is 2.37. The van der Waals surface area contributed by atoms with Crippen LogP contribution in [0.15, 0.2) is 76.1 Å². The van der Waals surface area contributed by atoms with E-state index in [0.29, 0.717) is 26.5 Å². The van der Waals surface area contributed by atoms with Crippen LogP contribution in [-0.2, 0) is 33.7 Å². The Hall–Kier alpha value is -2.61. The van der Waals surface area contributed by atoms with Crippen LogP contribution in [0.2, 0.25) is 5.02 Å². The van der Waals surface area contributed by atoms with Gasteiger partial charge < -0.3 is 5.32 Å². The lowest BCUT2D eigenvalue weighted by Gasteiger charge is -2.23. The summed E-state index contributed by atoms with van der Waals surface area (Å²) in [4.78, 5) is 12.5. The fraction of sp³-hybridized carbons (Fsp3) is 0.174. The molecule has 0 aromatic heterocycles. The Balaban J connectivity index is 1.96. The lowest BCUT2D eigenvalue weighted by molar-refractivity contribution is -0.143. The first-order valence-electron chi connectivity index (χ1n) is 10.2. The lowest BCUT2D eigenvalue weighted by atomic mass is 10.1. The molecular formula is C23H16BrClF6N2O3S. The first kappa shape index (κ1) is 29.0. The summed E-state index contributed by atoms with van der Waals surface area (Å²) in [5, 5.41) is 2.13. The van der Waals surface area contributed by atoms with E-state index in [4.69, 9.17) is 11.6 Å². The highest BCUT2D eigenvalue weighted by Crippen LogP contribution is 2.37. The quantitative estimate of drug-likeness (QED) is 0.287. The summed E-state index contributed by atoms with van der Waals surface area (Å²) in [6.07, 6.45) is -10.2. The van der Waals surface area contributed by atoms with Crippen LogP contribution in [0.5, 0.6) is 0 Å². The summed E-state index contributed by atoms with van der Waals surface area (Å²) >= 11 is 9.31. The summed E-state index contributed by atoms with van der Waals surface area (Å²) in [6, 6.07) is 12.2. The molecular weight excluding hydrogens is 614 g/mol. The summed E-state index contributed by atoms with van der Waals surface area (Å²) in [5.74, 6) is -1.17. The second-order valence-corrected chi connectivity index (χ2v) is 10.9. The summed E-state index contributed by atoms with van der Waals surface area (Å²) in [7, 11) is -4.35. The molecule has 198 valence electrons. The predicted octanol–water partition coefficient (Wildman–Crippen LogP) is 6.97. The molecule has 0 fully saturated rings. The third kappa shape index (κ3) is 7.46. The topological polar surface area (TPSA) is 66.5 Å². The number of alkyl halides is 6. The zero-order valence-corrected chi connectivity index (χ0v) is 21.5. The number of anilines is 1. The molecule has 5 nitrogen and oxygen atoms in total. The second kappa shape index (κ2) is 11.0. The molecule has 0 bridgehead atoms. The minimum Gasteiger partial charge on any atom is -0.325 e. The molecule has 0 saturated carbocycles. The van der Waals surface area contributed by atoms with E-state index in [2.05, 4.69) is 15.9 Å². The van der Waals surface area contributed by atoms with Crippen molar-refractivity contribution in [1.82, 2.24) is 4.31 Å². The van der Waals surface area contributed by atoms with Gasteiger partial charge in [-0.05, 0) is 54.1 Å². The van der Waals surface area contributed by atoms with Crippen molar-refractivity contribution in [3.05, 3.63) is 92.9 Å². The van der Waals surface area contributed by atoms with Crippen LogP contribution in [-0.4, -0.2) is 25.2 Å². The molecule has 14 heteroatoms. The van der Waals surface area contributed by atoms with Gasteiger partial charge >= 0.3 is 12.4 Å². The van der Waals surface area contributed by atoms with Crippen molar-refractivity contribution in [3.63, 3.8) is 0 Å². The molecule has 0 heterocycles. The van der Waals surface area contributed by atoms with Gasteiger partial charge in [-0.2, -0.15) is 30.6 Å². The molecule has 1 amide bonds. The van der Waals surface area contributed by atoms with Crippen molar-refractivity contribution < 1.29 is 39.6 Å². The van der Waals surface area contributed by atoms with Crippen molar-refractivity contribution in [2.75, 3.05) is 11.9 Å². The molecule has 0 spiro atoms. The van der Waals surface area contributed by atoms with Gasteiger partial charge in [0.2, 0.25) is 15.9 Å². The van der Waals surface area contributed by atoms with Crippen LogP contribution in [0.25, 0.3) is 0 Å². The number of carbonyl (C=O) groups is 1. The molecule has 0 aliphatic rings. The minimum atomic E-state index is -5.12. The first-order valence-corrected chi connectivity index (χ1v) is 12.8. The van der Waals surface area contributed by atoms with Crippen LogP contribution in [0, 0.1) is 0 Å². The van der Waals surface area contributed by atoms with Gasteiger partial charge in [0, 0.05) is 21.7 Å². The number of halogens is 8. The van der Waals surface area contributed by atoms with E-state index >= 15 is 0 Å². The highest BCUT2D eigenvalue weighted by atomic mass is 79.9. The van der Waals surface area contributed by atoms with Crippen LogP contribution < -0.4 is 5.32 Å². The summed E-state index contributed by atoms with van der Waals surface area (Å²) in [6.45, 7) is -1.33.